The van der Waals surface area contributed by atoms with E-state index >= 15 is 0 Å². The van der Waals surface area contributed by atoms with E-state index in [1.54, 1.807) is 0 Å². The van der Waals surface area contributed by atoms with Crippen molar-refractivity contribution in [3.8, 4) is 0 Å². The number of amides is 1. The topological polar surface area (TPSA) is 52.6 Å². The number of hydrogen-bond acceptors (Lipinski definition) is 3. The second-order valence-electron chi connectivity index (χ2n) is 5.44. The Kier molecular flexibility index (Phi) is 4.35. The van der Waals surface area contributed by atoms with Crippen LogP contribution in [-0.4, -0.2) is 53.9 Å². The number of β-amino-alcohol motifs (C(OH)–C–C–N with tert-alkyl or cyclic N) is 1. The largest absolute Gasteiger partial charge is 0.392 e. The van der Waals surface area contributed by atoms with Gasteiger partial charge in [-0.25, -0.2) is 0 Å². The van der Waals surface area contributed by atoms with Gasteiger partial charge in [-0.05, 0) is 25.2 Å². The van der Waals surface area contributed by atoms with Crippen LogP contribution in [0.4, 0.5) is 13.2 Å². The third-order valence-corrected chi connectivity index (χ3v) is 3.56. The molecule has 1 amide bonds. The molecule has 0 spiro atoms. The quantitative estimate of drug-likeness (QED) is 0.787. The fourth-order valence-electron chi connectivity index (χ4n) is 2.29. The van der Waals surface area contributed by atoms with E-state index in [4.69, 9.17) is 0 Å². The van der Waals surface area contributed by atoms with Crippen LogP contribution in [0.2, 0.25) is 0 Å². The van der Waals surface area contributed by atoms with E-state index in [0.29, 0.717) is 19.0 Å². The van der Waals surface area contributed by atoms with Gasteiger partial charge in [-0.3, -0.25) is 4.79 Å². The molecule has 2 fully saturated rings. The molecule has 0 aromatic carbocycles. The van der Waals surface area contributed by atoms with Gasteiger partial charge in [0, 0.05) is 19.6 Å². The van der Waals surface area contributed by atoms with Gasteiger partial charge in [-0.15, -0.1) is 0 Å². The number of halogens is 3. The number of alkyl halides is 3. The fraction of sp³-hybridized carbons (Fsp3) is 0.917. The van der Waals surface area contributed by atoms with Gasteiger partial charge in [-0.1, -0.05) is 0 Å². The predicted octanol–water partition coefficient (Wildman–Crippen LogP) is 0.900. The Morgan fingerprint density at radius 2 is 2.05 bits per heavy atom. The second-order valence-corrected chi connectivity index (χ2v) is 5.44. The van der Waals surface area contributed by atoms with Gasteiger partial charge < -0.3 is 15.3 Å². The summed E-state index contributed by atoms with van der Waals surface area (Å²) in [7, 11) is 0. The van der Waals surface area contributed by atoms with Gasteiger partial charge >= 0.3 is 6.18 Å². The first kappa shape index (κ1) is 14.6. The maximum absolute atomic E-state index is 12.3. The summed E-state index contributed by atoms with van der Waals surface area (Å²) in [6.45, 7) is 0.448. The lowest BCUT2D eigenvalue weighted by molar-refractivity contribution is -0.146. The van der Waals surface area contributed by atoms with Gasteiger partial charge in [0.1, 0.15) is 0 Å². The van der Waals surface area contributed by atoms with E-state index in [1.165, 1.54) is 4.90 Å². The summed E-state index contributed by atoms with van der Waals surface area (Å²) < 4.78 is 36.8. The van der Waals surface area contributed by atoms with Crippen molar-refractivity contribution in [3.63, 3.8) is 0 Å². The number of aliphatic hydroxyl groups is 1. The van der Waals surface area contributed by atoms with Crippen LogP contribution in [0.1, 0.15) is 25.7 Å². The Morgan fingerprint density at radius 1 is 1.37 bits per heavy atom. The molecule has 2 aliphatic rings. The van der Waals surface area contributed by atoms with Crippen molar-refractivity contribution in [2.75, 3.05) is 19.6 Å². The SMILES string of the molecule is O=C(C1CC(O)CN1)N(CCC(F)(F)F)CC1CC1. The van der Waals surface area contributed by atoms with Crippen molar-refractivity contribution in [1.29, 1.82) is 0 Å². The lowest BCUT2D eigenvalue weighted by Gasteiger charge is -2.26. The van der Waals surface area contributed by atoms with Crippen molar-refractivity contribution in [1.82, 2.24) is 10.2 Å². The zero-order valence-electron chi connectivity index (χ0n) is 10.6. The number of carbonyl (C=O) groups excluding carboxylic acids is 1. The van der Waals surface area contributed by atoms with E-state index in [1.807, 2.05) is 0 Å². The van der Waals surface area contributed by atoms with Crippen LogP contribution in [0, 0.1) is 5.92 Å². The summed E-state index contributed by atoms with van der Waals surface area (Å²) in [6.07, 6.45) is -3.55. The third kappa shape index (κ3) is 4.65. The fourth-order valence-corrected chi connectivity index (χ4v) is 2.29. The van der Waals surface area contributed by atoms with Gasteiger partial charge in [0.05, 0.1) is 18.6 Å². The predicted molar refractivity (Wildman–Crippen MR) is 62.4 cm³/mol. The number of carbonyl (C=O) groups is 1. The van der Waals surface area contributed by atoms with Crippen LogP contribution in [0.25, 0.3) is 0 Å². The standard InChI is InChI=1S/C12H19F3N2O2/c13-12(14,15)3-4-17(7-8-1-2-8)11(19)10-5-9(18)6-16-10/h8-10,16,18H,1-7H2. The van der Waals surface area contributed by atoms with Crippen LogP contribution in [-0.2, 0) is 4.79 Å². The zero-order valence-corrected chi connectivity index (χ0v) is 10.6. The van der Waals surface area contributed by atoms with E-state index in [9.17, 15) is 23.1 Å². The Balaban J connectivity index is 1.89. The Labute approximate surface area is 110 Å². The van der Waals surface area contributed by atoms with Gasteiger partial charge in [0.25, 0.3) is 0 Å². The first-order chi connectivity index (χ1) is 8.85. The molecule has 0 bridgehead atoms. The van der Waals surface area contributed by atoms with Gasteiger partial charge in [0.2, 0.25) is 5.91 Å². The first-order valence-electron chi connectivity index (χ1n) is 6.62. The Bertz CT molecular complexity index is 331. The van der Waals surface area contributed by atoms with Crippen molar-refractivity contribution >= 4 is 5.91 Å². The molecule has 0 radical (unpaired) electrons. The third-order valence-electron chi connectivity index (χ3n) is 3.56. The van der Waals surface area contributed by atoms with Crippen LogP contribution in [0.15, 0.2) is 0 Å². The summed E-state index contributed by atoms with van der Waals surface area (Å²) >= 11 is 0. The van der Waals surface area contributed by atoms with Gasteiger partial charge in [-0.2, -0.15) is 13.2 Å². The molecule has 1 aliphatic heterocycles. The van der Waals surface area contributed by atoms with Crippen LogP contribution >= 0.6 is 0 Å². The van der Waals surface area contributed by atoms with E-state index < -0.39 is 24.7 Å². The molecule has 1 aliphatic carbocycles. The summed E-state index contributed by atoms with van der Waals surface area (Å²) in [5, 5.41) is 12.2. The van der Waals surface area contributed by atoms with Crippen molar-refractivity contribution in [2.24, 2.45) is 5.92 Å². The molecule has 19 heavy (non-hydrogen) atoms. The average Bonchev–Trinajstić information content (AvgIpc) is 3.02. The molecule has 110 valence electrons. The first-order valence-corrected chi connectivity index (χ1v) is 6.62. The zero-order chi connectivity index (χ0) is 14.0. The summed E-state index contributed by atoms with van der Waals surface area (Å²) in [6, 6.07) is -0.540. The van der Waals surface area contributed by atoms with Crippen LogP contribution in [0.5, 0.6) is 0 Å². The van der Waals surface area contributed by atoms with E-state index in [0.717, 1.165) is 12.8 Å². The normalized spacial score (nSPS) is 27.6. The molecule has 1 saturated carbocycles. The number of aliphatic hydroxyl groups excluding tert-OH is 1. The second kappa shape index (κ2) is 5.66. The molecule has 2 unspecified atom stereocenters. The minimum Gasteiger partial charge on any atom is -0.392 e. The Hall–Kier alpha value is -0.820. The number of nitrogens with one attached hydrogen (secondary N) is 1. The molecular weight excluding hydrogens is 261 g/mol. The molecule has 7 heteroatoms. The molecule has 1 heterocycles. The highest BCUT2D eigenvalue weighted by atomic mass is 19.4. The monoisotopic (exact) mass is 280 g/mol. The summed E-state index contributed by atoms with van der Waals surface area (Å²) in [5.41, 5.74) is 0. The molecular formula is C12H19F3N2O2. The smallest absolute Gasteiger partial charge is 0.390 e. The maximum atomic E-state index is 12.3. The van der Waals surface area contributed by atoms with E-state index in [-0.39, 0.29) is 18.9 Å². The highest BCUT2D eigenvalue weighted by molar-refractivity contribution is 5.82. The minimum absolute atomic E-state index is 0.284. The average molecular weight is 280 g/mol. The molecule has 1 saturated heterocycles. The maximum Gasteiger partial charge on any atom is 0.390 e. The summed E-state index contributed by atoms with van der Waals surface area (Å²) in [5.74, 6) is 0.0382. The summed E-state index contributed by atoms with van der Waals surface area (Å²) in [4.78, 5) is 13.5. The number of rotatable bonds is 5. The lowest BCUT2D eigenvalue weighted by atomic mass is 10.1. The van der Waals surface area contributed by atoms with Crippen LogP contribution < -0.4 is 5.32 Å². The number of nitrogens with zero attached hydrogens (tertiary/aromatic N) is 1. The minimum atomic E-state index is -4.25. The number of hydrogen-bond donors (Lipinski definition) is 2. The molecule has 2 atom stereocenters. The highest BCUT2D eigenvalue weighted by Crippen LogP contribution is 2.31. The Morgan fingerprint density at radius 3 is 2.53 bits per heavy atom. The van der Waals surface area contributed by atoms with Crippen LogP contribution in [0.3, 0.4) is 0 Å². The molecule has 4 nitrogen and oxygen atoms in total. The lowest BCUT2D eigenvalue weighted by Crippen LogP contribution is -2.45. The molecule has 2 rings (SSSR count). The molecule has 2 N–H and O–H groups in total. The molecule has 0 aromatic rings. The van der Waals surface area contributed by atoms with Crippen molar-refractivity contribution in [2.45, 2.75) is 44.0 Å². The van der Waals surface area contributed by atoms with Crippen molar-refractivity contribution < 1.29 is 23.1 Å². The van der Waals surface area contributed by atoms with E-state index in [2.05, 4.69) is 5.32 Å². The highest BCUT2D eigenvalue weighted by Gasteiger charge is 2.36. The van der Waals surface area contributed by atoms with Crippen molar-refractivity contribution in [3.05, 3.63) is 0 Å². The van der Waals surface area contributed by atoms with Gasteiger partial charge in [0.15, 0.2) is 0 Å². The molecule has 0 aromatic heterocycles.